The minimum absolute atomic E-state index is 0.242. The second-order valence-electron chi connectivity index (χ2n) is 6.64. The van der Waals surface area contributed by atoms with Crippen LogP contribution in [0.5, 0.6) is 0 Å². The molecule has 4 aromatic carbocycles. The van der Waals surface area contributed by atoms with Gasteiger partial charge in [-0.15, -0.1) is 0 Å². The fourth-order valence-corrected chi connectivity index (χ4v) is 2.88. The molecule has 0 amide bonds. The Bertz CT molecular complexity index is 1150. The maximum Gasteiger partial charge on any atom is 0.335 e. The molecule has 4 aromatic rings. The van der Waals surface area contributed by atoms with Crippen molar-refractivity contribution in [3.8, 4) is 22.3 Å². The van der Waals surface area contributed by atoms with Crippen LogP contribution in [0.1, 0.15) is 20.7 Å². The van der Waals surface area contributed by atoms with Gasteiger partial charge in [0.05, 0.1) is 11.1 Å². The van der Waals surface area contributed by atoms with E-state index in [1.165, 1.54) is 24.3 Å². The molecule has 0 radical (unpaired) electrons. The molecular formula is C26H19FO4. The first-order chi connectivity index (χ1) is 14.9. The molecule has 0 aliphatic heterocycles. The molecule has 0 saturated heterocycles. The quantitative estimate of drug-likeness (QED) is 0.414. The van der Waals surface area contributed by atoms with Gasteiger partial charge in [0.2, 0.25) is 0 Å². The molecule has 0 saturated carbocycles. The molecule has 0 aromatic heterocycles. The number of benzene rings is 4. The summed E-state index contributed by atoms with van der Waals surface area (Å²) in [5.74, 6) is -2.13. The molecule has 0 aliphatic rings. The van der Waals surface area contributed by atoms with E-state index in [4.69, 9.17) is 10.2 Å². The average molecular weight is 414 g/mol. The van der Waals surface area contributed by atoms with Crippen molar-refractivity contribution in [2.75, 3.05) is 0 Å². The first-order valence-electron chi connectivity index (χ1n) is 9.42. The van der Waals surface area contributed by atoms with Crippen LogP contribution in [-0.4, -0.2) is 22.2 Å². The van der Waals surface area contributed by atoms with E-state index in [0.29, 0.717) is 5.56 Å². The molecular weight excluding hydrogens is 395 g/mol. The Hall–Kier alpha value is -4.25. The SMILES string of the molecule is O=C(O)c1ccc(-c2ccc(F)cc2)cc1.O=C(O)c1ccc(-c2ccccc2)cc1. The zero-order valence-electron chi connectivity index (χ0n) is 16.4. The van der Waals surface area contributed by atoms with Crippen LogP contribution in [0.2, 0.25) is 0 Å². The lowest BCUT2D eigenvalue weighted by Crippen LogP contribution is -1.94. The highest BCUT2D eigenvalue weighted by atomic mass is 19.1. The summed E-state index contributed by atoms with van der Waals surface area (Å²) in [7, 11) is 0. The molecule has 0 heterocycles. The van der Waals surface area contributed by atoms with Crippen molar-refractivity contribution in [1.29, 1.82) is 0 Å². The number of rotatable bonds is 4. The molecule has 154 valence electrons. The van der Waals surface area contributed by atoms with Gasteiger partial charge in [-0.3, -0.25) is 0 Å². The highest BCUT2D eigenvalue weighted by Crippen LogP contribution is 2.20. The molecule has 0 atom stereocenters. The van der Waals surface area contributed by atoms with Gasteiger partial charge in [-0.25, -0.2) is 14.0 Å². The summed E-state index contributed by atoms with van der Waals surface area (Å²) in [5, 5.41) is 17.5. The Morgan fingerprint density at radius 1 is 0.484 bits per heavy atom. The van der Waals surface area contributed by atoms with Crippen LogP contribution in [0.25, 0.3) is 22.3 Å². The minimum Gasteiger partial charge on any atom is -0.478 e. The van der Waals surface area contributed by atoms with Crippen molar-refractivity contribution in [3.63, 3.8) is 0 Å². The smallest absolute Gasteiger partial charge is 0.335 e. The molecule has 0 fully saturated rings. The van der Waals surface area contributed by atoms with E-state index in [1.54, 1.807) is 36.4 Å². The third-order valence-electron chi connectivity index (χ3n) is 4.55. The Labute approximate surface area is 178 Å². The summed E-state index contributed by atoms with van der Waals surface area (Å²) < 4.78 is 12.7. The predicted octanol–water partition coefficient (Wildman–Crippen LogP) is 6.24. The van der Waals surface area contributed by atoms with Crippen LogP contribution in [0.3, 0.4) is 0 Å². The number of carbonyl (C=O) groups is 2. The number of hydrogen-bond donors (Lipinski definition) is 2. The van der Waals surface area contributed by atoms with Crippen LogP contribution in [-0.2, 0) is 0 Å². The molecule has 0 aliphatic carbocycles. The van der Waals surface area contributed by atoms with Crippen molar-refractivity contribution in [1.82, 2.24) is 0 Å². The maximum atomic E-state index is 12.7. The Balaban J connectivity index is 0.000000176. The topological polar surface area (TPSA) is 74.6 Å². The van der Waals surface area contributed by atoms with Crippen LogP contribution < -0.4 is 0 Å². The van der Waals surface area contributed by atoms with Gasteiger partial charge in [-0.1, -0.05) is 66.7 Å². The summed E-state index contributed by atoms with van der Waals surface area (Å²) in [4.78, 5) is 21.3. The Morgan fingerprint density at radius 3 is 1.16 bits per heavy atom. The van der Waals surface area contributed by atoms with E-state index in [2.05, 4.69) is 0 Å². The number of halogens is 1. The summed E-state index contributed by atoms with van der Waals surface area (Å²) in [5.41, 5.74) is 4.40. The van der Waals surface area contributed by atoms with E-state index in [1.807, 2.05) is 42.5 Å². The third-order valence-corrected chi connectivity index (χ3v) is 4.55. The van der Waals surface area contributed by atoms with E-state index < -0.39 is 11.9 Å². The van der Waals surface area contributed by atoms with Crippen LogP contribution >= 0.6 is 0 Å². The van der Waals surface area contributed by atoms with Crippen molar-refractivity contribution in [2.24, 2.45) is 0 Å². The van der Waals surface area contributed by atoms with Crippen molar-refractivity contribution in [2.45, 2.75) is 0 Å². The molecule has 0 bridgehead atoms. The molecule has 4 rings (SSSR count). The normalized spacial score (nSPS) is 9.97. The van der Waals surface area contributed by atoms with Gasteiger partial charge in [-0.05, 0) is 58.7 Å². The lowest BCUT2D eigenvalue weighted by atomic mass is 10.0. The lowest BCUT2D eigenvalue weighted by molar-refractivity contribution is 0.0686. The van der Waals surface area contributed by atoms with Gasteiger partial charge >= 0.3 is 11.9 Å². The highest BCUT2D eigenvalue weighted by Gasteiger charge is 2.03. The predicted molar refractivity (Wildman–Crippen MR) is 118 cm³/mol. The van der Waals surface area contributed by atoms with E-state index in [-0.39, 0.29) is 11.4 Å². The Kier molecular flexibility index (Phi) is 6.91. The number of hydrogen-bond acceptors (Lipinski definition) is 2. The van der Waals surface area contributed by atoms with E-state index in [0.717, 1.165) is 22.3 Å². The lowest BCUT2D eigenvalue weighted by Gasteiger charge is -2.01. The molecule has 0 spiro atoms. The van der Waals surface area contributed by atoms with Gasteiger partial charge < -0.3 is 10.2 Å². The van der Waals surface area contributed by atoms with Gasteiger partial charge in [-0.2, -0.15) is 0 Å². The second kappa shape index (κ2) is 9.98. The third kappa shape index (κ3) is 5.87. The minimum atomic E-state index is -0.953. The Morgan fingerprint density at radius 2 is 0.806 bits per heavy atom. The van der Waals surface area contributed by atoms with E-state index >= 15 is 0 Å². The van der Waals surface area contributed by atoms with Gasteiger partial charge in [0.1, 0.15) is 5.82 Å². The molecule has 0 unspecified atom stereocenters. The summed E-state index contributed by atoms with van der Waals surface area (Å²) in [6, 6.07) is 29.3. The van der Waals surface area contributed by atoms with Crippen LogP contribution in [0, 0.1) is 5.82 Å². The van der Waals surface area contributed by atoms with Crippen LogP contribution in [0.4, 0.5) is 4.39 Å². The standard InChI is InChI=1S/C13H9FO2.C13H10O2/c14-12-7-5-10(6-8-12)9-1-3-11(4-2-9)13(15)16;14-13(15)12-8-6-11(7-9-12)10-4-2-1-3-5-10/h1-8H,(H,15,16);1-9H,(H,14,15). The number of carboxylic acid groups (broad SMARTS) is 2. The monoisotopic (exact) mass is 414 g/mol. The average Bonchev–Trinajstić information content (AvgIpc) is 2.81. The molecule has 31 heavy (non-hydrogen) atoms. The van der Waals surface area contributed by atoms with Gasteiger partial charge in [0, 0.05) is 0 Å². The number of carboxylic acids is 2. The summed E-state index contributed by atoms with van der Waals surface area (Å²) >= 11 is 0. The highest BCUT2D eigenvalue weighted by molar-refractivity contribution is 5.88. The van der Waals surface area contributed by atoms with Crippen LogP contribution in [0.15, 0.2) is 103 Å². The van der Waals surface area contributed by atoms with Gasteiger partial charge in [0.15, 0.2) is 0 Å². The number of aromatic carboxylic acids is 2. The van der Waals surface area contributed by atoms with Gasteiger partial charge in [0.25, 0.3) is 0 Å². The first-order valence-corrected chi connectivity index (χ1v) is 9.42. The van der Waals surface area contributed by atoms with Crippen molar-refractivity contribution >= 4 is 11.9 Å². The second-order valence-corrected chi connectivity index (χ2v) is 6.64. The van der Waals surface area contributed by atoms with Crippen molar-refractivity contribution in [3.05, 3.63) is 120 Å². The maximum absolute atomic E-state index is 12.7. The fourth-order valence-electron chi connectivity index (χ4n) is 2.88. The fraction of sp³-hybridized carbons (Fsp3) is 0. The van der Waals surface area contributed by atoms with Crippen molar-refractivity contribution < 1.29 is 24.2 Å². The largest absolute Gasteiger partial charge is 0.478 e. The first kappa shape index (κ1) is 21.5. The van der Waals surface area contributed by atoms with E-state index in [9.17, 15) is 14.0 Å². The molecule has 4 nitrogen and oxygen atoms in total. The summed E-state index contributed by atoms with van der Waals surface area (Å²) in [6.07, 6.45) is 0. The zero-order valence-corrected chi connectivity index (χ0v) is 16.4. The molecule has 5 heteroatoms. The summed E-state index contributed by atoms with van der Waals surface area (Å²) in [6.45, 7) is 0. The zero-order chi connectivity index (χ0) is 22.2. The molecule has 2 N–H and O–H groups in total.